The Labute approximate surface area is 119 Å². The lowest BCUT2D eigenvalue weighted by Crippen LogP contribution is -2.22. The quantitative estimate of drug-likeness (QED) is 0.487. The monoisotopic (exact) mass is 314 g/mol. The van der Waals surface area contributed by atoms with E-state index < -0.39 is 11.3 Å². The van der Waals surface area contributed by atoms with Gasteiger partial charge in [0.2, 0.25) is 0 Å². The summed E-state index contributed by atoms with van der Waals surface area (Å²) in [5.41, 5.74) is -3.07. The van der Waals surface area contributed by atoms with Crippen molar-refractivity contribution in [3.8, 4) is 0 Å². The molecule has 0 saturated heterocycles. The van der Waals surface area contributed by atoms with Crippen LogP contribution in [0, 0.1) is 0 Å². The zero-order valence-corrected chi connectivity index (χ0v) is 14.4. The van der Waals surface area contributed by atoms with E-state index in [1.165, 1.54) is 0 Å². The van der Waals surface area contributed by atoms with Crippen molar-refractivity contribution in [2.75, 3.05) is 0 Å². The molecular formula is C11H23O4PS2. The molecule has 0 fully saturated rings. The van der Waals surface area contributed by atoms with E-state index >= 15 is 0 Å². The van der Waals surface area contributed by atoms with Crippen LogP contribution in [0.5, 0.6) is 0 Å². The summed E-state index contributed by atoms with van der Waals surface area (Å²) in [4.78, 5) is 11.2. The van der Waals surface area contributed by atoms with Gasteiger partial charge in [-0.15, -0.1) is 0 Å². The van der Waals surface area contributed by atoms with Crippen molar-refractivity contribution in [2.45, 2.75) is 66.1 Å². The zero-order valence-electron chi connectivity index (χ0n) is 11.9. The summed E-state index contributed by atoms with van der Waals surface area (Å²) in [5, 5.41) is 0. The van der Waals surface area contributed by atoms with Crippen LogP contribution in [0.2, 0.25) is 0 Å². The number of hydrogen-bond acceptors (Lipinski definition) is 6. The van der Waals surface area contributed by atoms with Crippen LogP contribution in [-0.2, 0) is 29.8 Å². The molecule has 0 aliphatic carbocycles. The summed E-state index contributed by atoms with van der Waals surface area (Å²) < 4.78 is 16.6. The van der Waals surface area contributed by atoms with Gasteiger partial charge in [-0.3, -0.25) is 4.79 Å². The second kappa shape index (κ2) is 7.85. The Hall–Kier alpha value is 0.390. The molecule has 0 aliphatic heterocycles. The molecule has 0 saturated carbocycles. The Morgan fingerprint density at radius 3 is 2.33 bits per heavy atom. The molecule has 0 aromatic carbocycles. The van der Waals surface area contributed by atoms with Crippen LogP contribution in [0.3, 0.4) is 0 Å². The fourth-order valence-electron chi connectivity index (χ4n) is 0.826. The first kappa shape index (κ1) is 18.4. The highest BCUT2D eigenvalue weighted by molar-refractivity contribution is 8.66. The van der Waals surface area contributed by atoms with Crippen LogP contribution in [-0.4, -0.2) is 17.7 Å². The third-order valence-corrected chi connectivity index (χ3v) is 6.18. The maximum atomic E-state index is 11.2. The van der Waals surface area contributed by atoms with Crippen molar-refractivity contribution in [3.05, 3.63) is 0 Å². The third kappa shape index (κ3) is 7.74. The number of hydrogen-bond donors (Lipinski definition) is 0. The Morgan fingerprint density at radius 2 is 1.94 bits per heavy atom. The molecule has 4 nitrogen and oxygen atoms in total. The van der Waals surface area contributed by atoms with E-state index in [0.717, 1.165) is 18.1 Å². The molecule has 7 heteroatoms. The molecule has 0 aromatic rings. The topological polar surface area (TPSA) is 44.8 Å². The van der Waals surface area contributed by atoms with Gasteiger partial charge < -0.3 is 13.2 Å². The molecule has 0 N–H and O–H groups in total. The molecule has 0 aliphatic rings. The molecule has 0 heterocycles. The Balaban J connectivity index is 4.73. The van der Waals surface area contributed by atoms with Gasteiger partial charge in [-0.1, -0.05) is 13.8 Å². The van der Waals surface area contributed by atoms with Crippen LogP contribution in [0.15, 0.2) is 0 Å². The Bertz CT molecular complexity index is 318. The highest BCUT2D eigenvalue weighted by Gasteiger charge is 2.32. The molecule has 0 radical (unpaired) electrons. The first-order valence-corrected chi connectivity index (χ1v) is 10.0. The molecule has 0 rings (SSSR count). The van der Waals surface area contributed by atoms with E-state index in [-0.39, 0.29) is 12.1 Å². The molecule has 0 amide bonds. The Kier molecular flexibility index (Phi) is 8.02. The number of rotatable bonds is 8. The first-order chi connectivity index (χ1) is 8.14. The summed E-state index contributed by atoms with van der Waals surface area (Å²) in [6.07, 6.45) is 1.03. The van der Waals surface area contributed by atoms with Gasteiger partial charge in [-0.25, -0.2) is 0 Å². The SMILES string of the molecule is CCC(=O)OSP(=S)(OC(C)C)OC(C)(C)CC. The van der Waals surface area contributed by atoms with Crippen molar-refractivity contribution in [3.63, 3.8) is 0 Å². The summed E-state index contributed by atoms with van der Waals surface area (Å²) >= 11 is 6.27. The molecule has 108 valence electrons. The van der Waals surface area contributed by atoms with Gasteiger partial charge in [0.15, 0.2) is 11.7 Å². The summed E-state index contributed by atoms with van der Waals surface area (Å²) in [6.45, 7) is 11.4. The van der Waals surface area contributed by atoms with Crippen LogP contribution in [0.4, 0.5) is 0 Å². The van der Waals surface area contributed by atoms with Gasteiger partial charge in [-0.2, -0.15) is 0 Å². The van der Waals surface area contributed by atoms with E-state index in [4.69, 9.17) is 25.0 Å². The number of carbonyl (C=O) groups is 1. The Morgan fingerprint density at radius 1 is 1.39 bits per heavy atom. The van der Waals surface area contributed by atoms with E-state index in [9.17, 15) is 4.79 Å². The predicted octanol–water partition coefficient (Wildman–Crippen LogP) is 4.44. The highest BCUT2D eigenvalue weighted by atomic mass is 32.9. The lowest BCUT2D eigenvalue weighted by Gasteiger charge is -2.31. The average Bonchev–Trinajstić information content (AvgIpc) is 2.24. The lowest BCUT2D eigenvalue weighted by atomic mass is 10.1. The van der Waals surface area contributed by atoms with Gasteiger partial charge in [0.05, 0.1) is 11.7 Å². The fourth-order valence-corrected chi connectivity index (χ4v) is 5.71. The van der Waals surface area contributed by atoms with E-state index in [0.29, 0.717) is 6.42 Å². The van der Waals surface area contributed by atoms with Gasteiger partial charge in [0.1, 0.15) is 0 Å². The van der Waals surface area contributed by atoms with Crippen LogP contribution in [0.25, 0.3) is 0 Å². The summed E-state index contributed by atoms with van der Waals surface area (Å²) in [5.74, 6) is -0.320. The van der Waals surface area contributed by atoms with Gasteiger partial charge in [-0.05, 0) is 45.9 Å². The zero-order chi connectivity index (χ0) is 14.4. The normalized spacial score (nSPS) is 15.5. The minimum absolute atomic E-state index is 0.0729. The van der Waals surface area contributed by atoms with Crippen LogP contribution < -0.4 is 0 Å². The lowest BCUT2D eigenvalue weighted by molar-refractivity contribution is -0.132. The smallest absolute Gasteiger partial charge is 0.318 e. The van der Waals surface area contributed by atoms with Crippen molar-refractivity contribution in [1.29, 1.82) is 0 Å². The molecule has 0 spiro atoms. The molecule has 1 atom stereocenters. The number of carbonyl (C=O) groups excluding carboxylic acids is 1. The van der Waals surface area contributed by atoms with Crippen molar-refractivity contribution in [1.82, 2.24) is 0 Å². The predicted molar refractivity (Wildman–Crippen MR) is 79.9 cm³/mol. The highest BCUT2D eigenvalue weighted by Crippen LogP contribution is 2.64. The third-order valence-electron chi connectivity index (χ3n) is 2.06. The van der Waals surface area contributed by atoms with E-state index in [1.807, 2.05) is 34.6 Å². The second-order valence-corrected chi connectivity index (χ2v) is 10.3. The maximum absolute atomic E-state index is 11.2. The van der Waals surface area contributed by atoms with Gasteiger partial charge in [0, 0.05) is 6.42 Å². The fraction of sp³-hybridized carbons (Fsp3) is 0.909. The maximum Gasteiger partial charge on any atom is 0.318 e. The van der Waals surface area contributed by atoms with Crippen LogP contribution >= 0.6 is 17.4 Å². The largest absolute Gasteiger partial charge is 0.381 e. The van der Waals surface area contributed by atoms with E-state index in [1.54, 1.807) is 6.92 Å². The summed E-state index contributed by atoms with van der Waals surface area (Å²) in [7, 11) is 0. The first-order valence-electron chi connectivity index (χ1n) is 6.02. The molecule has 1 unspecified atom stereocenters. The van der Waals surface area contributed by atoms with E-state index in [2.05, 4.69) is 0 Å². The standard InChI is InChI=1S/C11H23O4PS2/c1-7-10(12)14-18-16(17,13-9(3)4)15-11(5,6)8-2/h9H,7-8H2,1-6H3. The molecule has 0 aromatic heterocycles. The van der Waals surface area contributed by atoms with Crippen molar-refractivity contribution >= 4 is 35.1 Å². The molecule has 0 bridgehead atoms. The molecular weight excluding hydrogens is 291 g/mol. The minimum Gasteiger partial charge on any atom is -0.381 e. The summed E-state index contributed by atoms with van der Waals surface area (Å²) in [6, 6.07) is 0. The van der Waals surface area contributed by atoms with Crippen molar-refractivity contribution in [2.24, 2.45) is 0 Å². The van der Waals surface area contributed by atoms with Crippen LogP contribution in [0.1, 0.15) is 54.4 Å². The van der Waals surface area contributed by atoms with Gasteiger partial charge in [0.25, 0.3) is 5.69 Å². The average molecular weight is 314 g/mol. The van der Waals surface area contributed by atoms with Gasteiger partial charge >= 0.3 is 5.97 Å². The minimum atomic E-state index is -2.67. The second-order valence-electron chi connectivity index (χ2n) is 4.69. The van der Waals surface area contributed by atoms with Crippen molar-refractivity contribution < 1.29 is 18.0 Å². The molecule has 18 heavy (non-hydrogen) atoms.